The van der Waals surface area contributed by atoms with Gasteiger partial charge in [0.15, 0.2) is 18.2 Å². The zero-order valence-corrected chi connectivity index (χ0v) is 14.6. The van der Waals surface area contributed by atoms with Crippen molar-refractivity contribution in [1.82, 2.24) is 4.98 Å². The summed E-state index contributed by atoms with van der Waals surface area (Å²) in [6, 6.07) is 20.2. The molecular weight excluding hydrogens is 346 g/mol. The zero-order chi connectivity index (χ0) is 17.8. The number of ether oxygens (including phenoxy) is 1. The summed E-state index contributed by atoms with van der Waals surface area (Å²) < 4.78 is 11.4. The van der Waals surface area contributed by atoms with Gasteiger partial charge in [-0.25, -0.2) is 4.98 Å². The van der Waals surface area contributed by atoms with Gasteiger partial charge in [0.2, 0.25) is 5.89 Å². The van der Waals surface area contributed by atoms with Crippen LogP contribution in [0.5, 0.6) is 5.75 Å². The molecule has 4 rings (SSSR count). The molecule has 128 valence electrons. The van der Waals surface area contributed by atoms with E-state index in [4.69, 9.17) is 9.15 Å². The minimum absolute atomic E-state index is 0.00885. The second-order valence-corrected chi connectivity index (χ2v) is 6.55. The Hall–Kier alpha value is -3.18. The van der Waals surface area contributed by atoms with Gasteiger partial charge in [-0.3, -0.25) is 4.79 Å². The van der Waals surface area contributed by atoms with E-state index < -0.39 is 0 Å². The van der Waals surface area contributed by atoms with Gasteiger partial charge in [-0.05, 0) is 35.7 Å². The lowest BCUT2D eigenvalue weighted by Gasteiger charge is -2.05. The fourth-order valence-electron chi connectivity index (χ4n) is 2.51. The summed E-state index contributed by atoms with van der Waals surface area (Å²) in [7, 11) is 0. The van der Waals surface area contributed by atoms with Crippen molar-refractivity contribution in [3.8, 4) is 16.4 Å². The number of nitrogens with zero attached hydrogens (tertiary/aromatic N) is 1. The average Bonchev–Trinajstić information content (AvgIpc) is 3.38. The highest BCUT2D eigenvalue weighted by Crippen LogP contribution is 2.25. The molecule has 0 N–H and O–H groups in total. The number of oxazole rings is 1. The van der Waals surface area contributed by atoms with Gasteiger partial charge in [-0.2, -0.15) is 0 Å². The average molecular weight is 361 g/mol. The van der Waals surface area contributed by atoms with Crippen LogP contribution in [0.2, 0.25) is 0 Å². The summed E-state index contributed by atoms with van der Waals surface area (Å²) in [6.45, 7) is 0.233. The number of hydrogen-bond acceptors (Lipinski definition) is 5. The predicted molar refractivity (Wildman–Crippen MR) is 100 cm³/mol. The molecular formula is C21H15NO3S. The molecule has 26 heavy (non-hydrogen) atoms. The highest BCUT2D eigenvalue weighted by atomic mass is 32.1. The van der Waals surface area contributed by atoms with E-state index in [0.717, 1.165) is 10.6 Å². The summed E-state index contributed by atoms with van der Waals surface area (Å²) in [5.74, 6) is 1.90. The number of benzene rings is 2. The van der Waals surface area contributed by atoms with Crippen molar-refractivity contribution in [3.05, 3.63) is 95.3 Å². The van der Waals surface area contributed by atoms with Gasteiger partial charge in [0.1, 0.15) is 5.75 Å². The van der Waals surface area contributed by atoms with Crippen molar-refractivity contribution in [3.63, 3.8) is 0 Å². The molecule has 0 aliphatic carbocycles. The molecule has 0 atom stereocenters. The Balaban J connectivity index is 1.40. The van der Waals surface area contributed by atoms with Gasteiger partial charge in [0.25, 0.3) is 0 Å². The second kappa shape index (κ2) is 7.37. The van der Waals surface area contributed by atoms with E-state index in [2.05, 4.69) is 4.98 Å². The van der Waals surface area contributed by atoms with Crippen molar-refractivity contribution in [1.29, 1.82) is 0 Å². The predicted octanol–water partition coefficient (Wildman–Crippen LogP) is 5.21. The van der Waals surface area contributed by atoms with E-state index in [1.165, 1.54) is 0 Å². The number of hydrogen-bond donors (Lipinski definition) is 0. The molecule has 2 aromatic carbocycles. The molecule has 0 saturated heterocycles. The third-order valence-electron chi connectivity index (χ3n) is 3.83. The molecule has 2 heterocycles. The number of thiophene rings is 1. The van der Waals surface area contributed by atoms with Gasteiger partial charge in [-0.15, -0.1) is 11.3 Å². The Morgan fingerprint density at radius 3 is 2.46 bits per heavy atom. The van der Waals surface area contributed by atoms with Gasteiger partial charge in [-0.1, -0.05) is 36.4 Å². The van der Waals surface area contributed by atoms with E-state index >= 15 is 0 Å². The standard InChI is InChI=1S/C21H15NO3S/c23-21(15-5-2-1-3-6-15)16-8-10-17(11-9-16)24-14-20-22-13-18(25-20)19-7-4-12-26-19/h1-13H,14H2. The molecule has 0 fully saturated rings. The molecule has 0 aliphatic rings. The van der Waals surface area contributed by atoms with Crippen LogP contribution in [0.4, 0.5) is 0 Å². The normalized spacial score (nSPS) is 10.6. The van der Waals surface area contributed by atoms with Crippen molar-refractivity contribution >= 4 is 17.1 Å². The van der Waals surface area contributed by atoms with E-state index in [1.807, 2.05) is 35.7 Å². The fraction of sp³-hybridized carbons (Fsp3) is 0.0476. The van der Waals surface area contributed by atoms with Crippen LogP contribution >= 0.6 is 11.3 Å². The molecule has 0 aliphatic heterocycles. The van der Waals surface area contributed by atoms with Crippen molar-refractivity contribution in [2.75, 3.05) is 0 Å². The Kier molecular flexibility index (Phi) is 4.62. The van der Waals surface area contributed by atoms with Crippen LogP contribution in [0.1, 0.15) is 21.8 Å². The molecule has 2 aromatic heterocycles. The molecule has 0 unspecified atom stereocenters. The number of ketones is 1. The minimum Gasteiger partial charge on any atom is -0.484 e. The summed E-state index contributed by atoms with van der Waals surface area (Å²) in [4.78, 5) is 17.7. The molecule has 5 heteroatoms. The lowest BCUT2D eigenvalue weighted by Crippen LogP contribution is -2.01. The molecule has 0 spiro atoms. The highest BCUT2D eigenvalue weighted by molar-refractivity contribution is 7.13. The van der Waals surface area contributed by atoms with Crippen molar-refractivity contribution in [2.45, 2.75) is 6.61 Å². The number of aromatic nitrogens is 1. The zero-order valence-electron chi connectivity index (χ0n) is 13.8. The van der Waals surface area contributed by atoms with Gasteiger partial charge < -0.3 is 9.15 Å². The van der Waals surface area contributed by atoms with E-state index in [9.17, 15) is 4.79 Å². The molecule has 4 nitrogen and oxygen atoms in total. The summed E-state index contributed by atoms with van der Waals surface area (Å²) in [5, 5.41) is 1.99. The lowest BCUT2D eigenvalue weighted by molar-refractivity contribution is 0.103. The van der Waals surface area contributed by atoms with Crippen LogP contribution in [0.3, 0.4) is 0 Å². The van der Waals surface area contributed by atoms with Crippen LogP contribution < -0.4 is 4.74 Å². The van der Waals surface area contributed by atoms with Crippen LogP contribution in [-0.4, -0.2) is 10.8 Å². The Morgan fingerprint density at radius 2 is 1.73 bits per heavy atom. The SMILES string of the molecule is O=C(c1ccccc1)c1ccc(OCc2ncc(-c3cccs3)o2)cc1. The first-order chi connectivity index (χ1) is 12.8. The third-order valence-corrected chi connectivity index (χ3v) is 4.72. The number of rotatable bonds is 6. The molecule has 0 saturated carbocycles. The Morgan fingerprint density at radius 1 is 0.962 bits per heavy atom. The first kappa shape index (κ1) is 16.3. The summed E-state index contributed by atoms with van der Waals surface area (Å²) in [6.07, 6.45) is 1.70. The maximum atomic E-state index is 12.4. The van der Waals surface area contributed by atoms with Crippen LogP contribution in [0.15, 0.2) is 82.7 Å². The van der Waals surface area contributed by atoms with Crippen LogP contribution in [-0.2, 0) is 6.61 Å². The van der Waals surface area contributed by atoms with E-state index in [0.29, 0.717) is 22.8 Å². The maximum absolute atomic E-state index is 12.4. The van der Waals surface area contributed by atoms with Gasteiger partial charge in [0.05, 0.1) is 11.1 Å². The third kappa shape index (κ3) is 3.58. The summed E-state index contributed by atoms with van der Waals surface area (Å²) in [5.41, 5.74) is 1.29. The number of carbonyl (C=O) groups is 1. The quantitative estimate of drug-likeness (QED) is 0.442. The monoisotopic (exact) mass is 361 g/mol. The Bertz CT molecular complexity index is 989. The smallest absolute Gasteiger partial charge is 0.232 e. The maximum Gasteiger partial charge on any atom is 0.232 e. The topological polar surface area (TPSA) is 52.3 Å². The van der Waals surface area contributed by atoms with Crippen LogP contribution in [0.25, 0.3) is 10.6 Å². The van der Waals surface area contributed by atoms with Crippen LogP contribution in [0, 0.1) is 0 Å². The van der Waals surface area contributed by atoms with Crippen molar-refractivity contribution < 1.29 is 13.9 Å². The largest absolute Gasteiger partial charge is 0.484 e. The first-order valence-electron chi connectivity index (χ1n) is 8.11. The second-order valence-electron chi connectivity index (χ2n) is 5.60. The van der Waals surface area contributed by atoms with Gasteiger partial charge >= 0.3 is 0 Å². The van der Waals surface area contributed by atoms with Gasteiger partial charge in [0, 0.05) is 11.1 Å². The first-order valence-corrected chi connectivity index (χ1v) is 8.99. The van der Waals surface area contributed by atoms with E-state index in [-0.39, 0.29) is 12.4 Å². The molecule has 4 aromatic rings. The highest BCUT2D eigenvalue weighted by Gasteiger charge is 2.10. The fourth-order valence-corrected chi connectivity index (χ4v) is 3.18. The molecule has 0 radical (unpaired) electrons. The summed E-state index contributed by atoms with van der Waals surface area (Å²) >= 11 is 1.60. The number of carbonyl (C=O) groups excluding carboxylic acids is 1. The lowest BCUT2D eigenvalue weighted by atomic mass is 10.0. The van der Waals surface area contributed by atoms with Crippen molar-refractivity contribution in [2.24, 2.45) is 0 Å². The Labute approximate surface area is 154 Å². The van der Waals surface area contributed by atoms with E-state index in [1.54, 1.807) is 53.9 Å². The minimum atomic E-state index is -0.00885. The molecule has 0 amide bonds. The molecule has 0 bridgehead atoms.